The Bertz CT molecular complexity index is 1270. The van der Waals surface area contributed by atoms with E-state index in [-0.39, 0.29) is 6.54 Å². The molecule has 3 rings (SSSR count). The predicted octanol–water partition coefficient (Wildman–Crippen LogP) is 5.58. The molecule has 3 amide bonds. The Labute approximate surface area is 262 Å². The second kappa shape index (κ2) is 14.0. The largest absolute Gasteiger partial charge is 0.453 e. The van der Waals surface area contributed by atoms with E-state index in [1.807, 2.05) is 105 Å². The van der Waals surface area contributed by atoms with Crippen LogP contribution in [0.1, 0.15) is 72.1 Å². The van der Waals surface area contributed by atoms with Crippen LogP contribution in [0.25, 0.3) is 0 Å². The van der Waals surface area contributed by atoms with Crippen LogP contribution >= 0.6 is 0 Å². The molecule has 0 spiro atoms. The number of benzene rings is 2. The molecule has 3 atom stereocenters. The highest BCUT2D eigenvalue weighted by atomic mass is 16.6. The van der Waals surface area contributed by atoms with Gasteiger partial charge in [-0.05, 0) is 64.5 Å². The summed E-state index contributed by atoms with van der Waals surface area (Å²) in [7, 11) is 1.26. The zero-order valence-corrected chi connectivity index (χ0v) is 27.9. The summed E-state index contributed by atoms with van der Waals surface area (Å²) in [6.45, 7) is 17.5. The number of carbonyl (C=O) groups is 3. The Morgan fingerprint density at radius 3 is 2.14 bits per heavy atom. The lowest BCUT2D eigenvalue weighted by molar-refractivity contribution is -0.132. The number of methoxy groups -OCH3 is 1. The van der Waals surface area contributed by atoms with Gasteiger partial charge in [0.15, 0.2) is 0 Å². The highest BCUT2D eigenvalue weighted by molar-refractivity contribution is 5.86. The smallest absolute Gasteiger partial charge is 0.412 e. The van der Waals surface area contributed by atoms with Crippen LogP contribution in [0.3, 0.4) is 0 Å². The topological polar surface area (TPSA) is 109 Å². The molecule has 1 heterocycles. The van der Waals surface area contributed by atoms with Crippen LogP contribution in [-0.2, 0) is 32.0 Å². The summed E-state index contributed by atoms with van der Waals surface area (Å²) in [6.07, 6.45) is -1.13. The Kier molecular flexibility index (Phi) is 11.1. The van der Waals surface area contributed by atoms with E-state index in [4.69, 9.17) is 14.2 Å². The first-order chi connectivity index (χ1) is 20.4. The second-order valence-electron chi connectivity index (χ2n) is 14.0. The summed E-state index contributed by atoms with van der Waals surface area (Å²) in [4.78, 5) is 41.2. The van der Waals surface area contributed by atoms with E-state index in [0.717, 1.165) is 16.7 Å². The number of nitrogens with zero attached hydrogens (tertiary/aromatic N) is 2. The lowest BCUT2D eigenvalue weighted by Gasteiger charge is -2.35. The highest BCUT2D eigenvalue weighted by Gasteiger charge is 2.51. The van der Waals surface area contributed by atoms with Crippen LogP contribution < -0.4 is 10.7 Å². The fraction of sp³-hybridized carbons (Fsp3) is 0.559. The molecular formula is C34H50N4O6. The molecule has 0 aliphatic carbocycles. The molecule has 0 bridgehead atoms. The van der Waals surface area contributed by atoms with E-state index in [0.29, 0.717) is 13.0 Å². The van der Waals surface area contributed by atoms with Gasteiger partial charge in [0.05, 0.1) is 19.3 Å². The standard InChI is InChI=1S/C34H50N4O6/c1-23-16-18-24(19-17-23)20-26-27(43-34(8,9)38(26)31(41)44-33(5,6)7)22-37(21-25-14-12-11-13-15-25)36-29(39)28(32(2,3)4)35-30(40)42-10/h11-19,26-28H,20-22H2,1-10H3,(H,35,40)(H,36,39)/t26-,27-,28+/m0/s1. The molecule has 2 aromatic rings. The molecule has 1 aliphatic heterocycles. The average molecular weight is 611 g/mol. The maximum atomic E-state index is 13.7. The molecule has 242 valence electrons. The molecule has 1 aliphatic rings. The first-order valence-electron chi connectivity index (χ1n) is 15.1. The summed E-state index contributed by atoms with van der Waals surface area (Å²) in [5, 5.41) is 4.46. The van der Waals surface area contributed by atoms with Crippen molar-refractivity contribution in [3.05, 3.63) is 71.3 Å². The Morgan fingerprint density at radius 2 is 1.59 bits per heavy atom. The van der Waals surface area contributed by atoms with Crippen molar-refractivity contribution in [3.8, 4) is 0 Å². The van der Waals surface area contributed by atoms with Crippen molar-refractivity contribution >= 4 is 18.1 Å². The summed E-state index contributed by atoms with van der Waals surface area (Å²) in [6, 6.07) is 16.7. The number of nitrogens with one attached hydrogen (secondary N) is 2. The molecule has 10 nitrogen and oxygen atoms in total. The van der Waals surface area contributed by atoms with Gasteiger partial charge in [0.25, 0.3) is 5.91 Å². The number of alkyl carbamates (subject to hydrolysis) is 1. The van der Waals surface area contributed by atoms with Crippen molar-refractivity contribution < 1.29 is 28.6 Å². The summed E-state index contributed by atoms with van der Waals surface area (Å²) in [5.41, 5.74) is 3.92. The van der Waals surface area contributed by atoms with Crippen molar-refractivity contribution in [1.82, 2.24) is 20.7 Å². The summed E-state index contributed by atoms with van der Waals surface area (Å²) in [5.74, 6) is -0.393. The molecule has 1 fully saturated rings. The molecule has 0 saturated carbocycles. The molecule has 0 aromatic heterocycles. The highest BCUT2D eigenvalue weighted by Crippen LogP contribution is 2.36. The first kappa shape index (κ1) is 34.9. The average Bonchev–Trinajstić information content (AvgIpc) is 3.15. The number of hydrogen-bond donors (Lipinski definition) is 2. The van der Waals surface area contributed by atoms with E-state index in [1.165, 1.54) is 7.11 Å². The van der Waals surface area contributed by atoms with Gasteiger partial charge in [-0.25, -0.2) is 14.6 Å². The Balaban J connectivity index is 1.98. The van der Waals surface area contributed by atoms with Crippen LogP contribution in [0.2, 0.25) is 0 Å². The molecule has 1 saturated heterocycles. The number of aryl methyl sites for hydroxylation is 1. The Morgan fingerprint density at radius 1 is 0.977 bits per heavy atom. The summed E-state index contributed by atoms with van der Waals surface area (Å²) >= 11 is 0. The monoisotopic (exact) mass is 610 g/mol. The third-order valence-corrected chi connectivity index (χ3v) is 7.40. The lowest BCUT2D eigenvalue weighted by Crippen LogP contribution is -2.58. The predicted molar refractivity (Wildman–Crippen MR) is 169 cm³/mol. The lowest BCUT2D eigenvalue weighted by atomic mass is 9.86. The minimum atomic E-state index is -0.981. The zero-order chi connectivity index (χ0) is 32.9. The first-order valence-corrected chi connectivity index (χ1v) is 15.1. The molecule has 10 heteroatoms. The van der Waals surface area contributed by atoms with Crippen molar-refractivity contribution in [1.29, 1.82) is 0 Å². The molecule has 2 aromatic carbocycles. The van der Waals surface area contributed by atoms with E-state index < -0.39 is 53.0 Å². The quantitative estimate of drug-likeness (QED) is 0.357. The van der Waals surface area contributed by atoms with Gasteiger partial charge >= 0.3 is 12.2 Å². The van der Waals surface area contributed by atoms with Crippen LogP contribution in [0.5, 0.6) is 0 Å². The minimum absolute atomic E-state index is 0.259. The van der Waals surface area contributed by atoms with E-state index in [9.17, 15) is 14.4 Å². The molecule has 0 radical (unpaired) electrons. The number of hydrogen-bond acceptors (Lipinski definition) is 7. The SMILES string of the molecule is COC(=O)N[C@H](C(=O)NN(Cc1ccccc1)C[C@@H]1OC(C)(C)N(C(=O)OC(C)(C)C)[C@H]1Cc1ccc(C)cc1)C(C)(C)C. The van der Waals surface area contributed by atoms with Gasteiger partial charge in [-0.2, -0.15) is 0 Å². The molecule has 0 unspecified atom stereocenters. The van der Waals surface area contributed by atoms with Crippen LogP contribution in [0.4, 0.5) is 9.59 Å². The number of carbonyl (C=O) groups excluding carboxylic acids is 3. The van der Waals surface area contributed by atoms with Gasteiger partial charge in [0.2, 0.25) is 0 Å². The number of amides is 3. The third kappa shape index (κ3) is 9.69. The van der Waals surface area contributed by atoms with E-state index in [2.05, 4.69) is 22.9 Å². The zero-order valence-electron chi connectivity index (χ0n) is 27.9. The van der Waals surface area contributed by atoms with Gasteiger partial charge in [-0.3, -0.25) is 15.1 Å². The van der Waals surface area contributed by atoms with Crippen molar-refractivity contribution in [3.63, 3.8) is 0 Å². The molecule has 2 N–H and O–H groups in total. The van der Waals surface area contributed by atoms with Crippen LogP contribution in [0, 0.1) is 12.3 Å². The van der Waals surface area contributed by atoms with Gasteiger partial charge in [0.1, 0.15) is 17.4 Å². The van der Waals surface area contributed by atoms with Crippen molar-refractivity contribution in [2.24, 2.45) is 5.41 Å². The number of rotatable bonds is 9. The molecular weight excluding hydrogens is 560 g/mol. The van der Waals surface area contributed by atoms with E-state index in [1.54, 1.807) is 9.91 Å². The fourth-order valence-electron chi connectivity index (χ4n) is 5.33. The van der Waals surface area contributed by atoms with Crippen LogP contribution in [0.15, 0.2) is 54.6 Å². The molecule has 44 heavy (non-hydrogen) atoms. The van der Waals surface area contributed by atoms with Gasteiger partial charge in [-0.15, -0.1) is 0 Å². The van der Waals surface area contributed by atoms with Gasteiger partial charge in [-0.1, -0.05) is 80.9 Å². The minimum Gasteiger partial charge on any atom is -0.453 e. The number of hydrazine groups is 1. The maximum Gasteiger partial charge on any atom is 0.412 e. The van der Waals surface area contributed by atoms with Gasteiger partial charge in [0, 0.05) is 13.1 Å². The van der Waals surface area contributed by atoms with Crippen molar-refractivity contribution in [2.75, 3.05) is 13.7 Å². The van der Waals surface area contributed by atoms with Crippen molar-refractivity contribution in [2.45, 2.75) is 105 Å². The van der Waals surface area contributed by atoms with Gasteiger partial charge < -0.3 is 19.5 Å². The Hall–Kier alpha value is -3.63. The normalized spacial score (nSPS) is 18.9. The number of ether oxygens (including phenoxy) is 3. The fourth-order valence-corrected chi connectivity index (χ4v) is 5.33. The third-order valence-electron chi connectivity index (χ3n) is 7.40. The van der Waals surface area contributed by atoms with Crippen LogP contribution in [-0.4, -0.2) is 71.2 Å². The van der Waals surface area contributed by atoms with E-state index >= 15 is 0 Å². The second-order valence-corrected chi connectivity index (χ2v) is 14.0. The maximum absolute atomic E-state index is 13.7. The summed E-state index contributed by atoms with van der Waals surface area (Å²) < 4.78 is 17.2.